The number of hydrogen-bond donors (Lipinski definition) is 1. The Morgan fingerprint density at radius 3 is 2.83 bits per heavy atom. The first-order valence-electron chi connectivity index (χ1n) is 10.2. The van der Waals surface area contributed by atoms with E-state index in [0.29, 0.717) is 13.1 Å². The van der Waals surface area contributed by atoms with Crippen LogP contribution in [0, 0.1) is 5.92 Å². The second kappa shape index (κ2) is 7.32. The second-order valence-electron chi connectivity index (χ2n) is 7.94. The third-order valence-corrected chi connectivity index (χ3v) is 6.17. The molecule has 5 nitrogen and oxygen atoms in total. The number of likely N-dealkylation sites (tertiary alicyclic amines) is 1. The number of nitrogens with zero attached hydrogens (tertiary/aromatic N) is 2. The number of ketones is 1. The second-order valence-corrected chi connectivity index (χ2v) is 7.94. The van der Waals surface area contributed by atoms with Crippen molar-refractivity contribution in [2.45, 2.75) is 25.7 Å². The zero-order valence-corrected chi connectivity index (χ0v) is 16.2. The summed E-state index contributed by atoms with van der Waals surface area (Å²) in [4.78, 5) is 34.7. The highest BCUT2D eigenvalue weighted by Gasteiger charge is 2.30. The van der Waals surface area contributed by atoms with Crippen molar-refractivity contribution >= 4 is 28.5 Å². The maximum absolute atomic E-state index is 13.4. The largest absolute Gasteiger partial charge is 0.345 e. The average Bonchev–Trinajstić information content (AvgIpc) is 3.43. The van der Waals surface area contributed by atoms with Gasteiger partial charge in [-0.05, 0) is 53.7 Å². The van der Waals surface area contributed by atoms with E-state index in [9.17, 15) is 9.59 Å². The summed E-state index contributed by atoms with van der Waals surface area (Å²) in [6.07, 6.45) is 10.3. The Labute approximate surface area is 169 Å². The van der Waals surface area contributed by atoms with Crippen molar-refractivity contribution in [3.05, 3.63) is 71.3 Å². The number of aromatic nitrogens is 2. The molecule has 5 rings (SSSR count). The molecule has 3 aromatic rings. The number of hydrogen-bond acceptors (Lipinski definition) is 3. The van der Waals surface area contributed by atoms with Crippen molar-refractivity contribution in [3.8, 4) is 0 Å². The van der Waals surface area contributed by atoms with Crippen molar-refractivity contribution in [3.63, 3.8) is 0 Å². The maximum atomic E-state index is 13.4. The van der Waals surface area contributed by atoms with E-state index in [1.165, 1.54) is 16.5 Å². The average molecular weight is 385 g/mol. The first kappa shape index (κ1) is 17.9. The topological polar surface area (TPSA) is 66.1 Å². The van der Waals surface area contributed by atoms with Crippen LogP contribution < -0.4 is 0 Å². The highest BCUT2D eigenvalue weighted by atomic mass is 16.2. The molecule has 1 aromatic heterocycles. The van der Waals surface area contributed by atoms with Crippen LogP contribution in [0.4, 0.5) is 0 Å². The minimum atomic E-state index is -0.147. The Morgan fingerprint density at radius 2 is 2.00 bits per heavy atom. The Morgan fingerprint density at radius 1 is 1.14 bits per heavy atom. The number of aromatic amines is 1. The zero-order valence-electron chi connectivity index (χ0n) is 16.2. The fourth-order valence-corrected chi connectivity index (χ4v) is 4.70. The van der Waals surface area contributed by atoms with Gasteiger partial charge in [0.15, 0.2) is 5.78 Å². The fourth-order valence-electron chi connectivity index (χ4n) is 4.70. The summed E-state index contributed by atoms with van der Waals surface area (Å²) in [7, 11) is 0. The van der Waals surface area contributed by atoms with Crippen LogP contribution >= 0.6 is 0 Å². The maximum Gasteiger partial charge on any atom is 0.246 e. The van der Waals surface area contributed by atoms with E-state index in [0.717, 1.165) is 42.3 Å². The number of rotatable bonds is 4. The lowest BCUT2D eigenvalue weighted by molar-refractivity contribution is -0.127. The molecule has 1 atom stereocenters. The van der Waals surface area contributed by atoms with Gasteiger partial charge in [0.25, 0.3) is 0 Å². The van der Waals surface area contributed by atoms with E-state index in [4.69, 9.17) is 0 Å². The van der Waals surface area contributed by atoms with Crippen molar-refractivity contribution in [2.75, 3.05) is 13.1 Å². The summed E-state index contributed by atoms with van der Waals surface area (Å²) < 4.78 is 0. The van der Waals surface area contributed by atoms with Gasteiger partial charge in [0.1, 0.15) is 0 Å². The van der Waals surface area contributed by atoms with E-state index >= 15 is 0 Å². The first-order chi connectivity index (χ1) is 14.2. The van der Waals surface area contributed by atoms with Gasteiger partial charge in [0.05, 0.1) is 18.2 Å². The molecule has 29 heavy (non-hydrogen) atoms. The molecule has 1 aliphatic heterocycles. The predicted molar refractivity (Wildman–Crippen MR) is 113 cm³/mol. The number of benzene rings is 2. The number of H-pyrrole nitrogens is 1. The van der Waals surface area contributed by atoms with Crippen LogP contribution in [0.15, 0.2) is 48.9 Å². The van der Waals surface area contributed by atoms with E-state index in [1.807, 2.05) is 6.07 Å². The molecule has 1 amide bonds. The molecule has 0 spiro atoms. The highest BCUT2D eigenvalue weighted by Crippen LogP contribution is 2.34. The fraction of sp³-hybridized carbons (Fsp3) is 0.292. The normalized spacial score (nSPS) is 18.6. The van der Waals surface area contributed by atoms with Crippen LogP contribution in [0.5, 0.6) is 0 Å². The van der Waals surface area contributed by atoms with Gasteiger partial charge >= 0.3 is 0 Å². The summed E-state index contributed by atoms with van der Waals surface area (Å²) in [6, 6.07) is 10.4. The molecule has 2 aliphatic rings. The molecule has 1 aliphatic carbocycles. The number of nitrogens with one attached hydrogen (secondary N) is 1. The number of aryl methyl sites for hydroxylation is 2. The van der Waals surface area contributed by atoms with Crippen LogP contribution in [0.2, 0.25) is 0 Å². The Bertz CT molecular complexity index is 1100. The van der Waals surface area contributed by atoms with E-state index < -0.39 is 0 Å². The van der Waals surface area contributed by atoms with Gasteiger partial charge in [-0.25, -0.2) is 4.98 Å². The summed E-state index contributed by atoms with van der Waals surface area (Å²) in [6.45, 7) is 1.17. The molecule has 5 heteroatoms. The van der Waals surface area contributed by atoms with Gasteiger partial charge < -0.3 is 9.88 Å². The van der Waals surface area contributed by atoms with E-state index in [1.54, 1.807) is 29.6 Å². The van der Waals surface area contributed by atoms with Crippen LogP contribution in [-0.4, -0.2) is 39.6 Å². The molecule has 0 bridgehead atoms. The molecule has 1 N–H and O–H groups in total. The number of Topliss-reactive ketones (excluding diaryl/α,β-unsaturated/α-hetero) is 1. The monoisotopic (exact) mass is 385 g/mol. The highest BCUT2D eigenvalue weighted by molar-refractivity contribution is 6.11. The van der Waals surface area contributed by atoms with E-state index in [-0.39, 0.29) is 17.6 Å². The number of carbonyl (C=O) groups is 2. The minimum absolute atomic E-state index is 0.0579. The molecule has 1 fully saturated rings. The van der Waals surface area contributed by atoms with Crippen LogP contribution in [-0.2, 0) is 17.6 Å². The zero-order chi connectivity index (χ0) is 19.8. The lowest BCUT2D eigenvalue weighted by Gasteiger charge is -2.31. The summed E-state index contributed by atoms with van der Waals surface area (Å²) >= 11 is 0. The molecule has 146 valence electrons. The molecule has 0 radical (unpaired) electrons. The minimum Gasteiger partial charge on any atom is -0.345 e. The SMILES string of the molecule is O=C(c1ccc2c3c(cccc13)CC2)[C@H]1CCCN(C(=O)/C=C/c2cnc[nH]2)C1. The van der Waals surface area contributed by atoms with E-state index in [2.05, 4.69) is 34.2 Å². The summed E-state index contributed by atoms with van der Waals surface area (Å²) in [5.74, 6) is -0.0418. The number of piperidine rings is 1. The molecule has 2 aromatic carbocycles. The lowest BCUT2D eigenvalue weighted by Crippen LogP contribution is -2.41. The Balaban J connectivity index is 1.37. The smallest absolute Gasteiger partial charge is 0.246 e. The third kappa shape index (κ3) is 3.27. The molecule has 0 unspecified atom stereocenters. The van der Waals surface area contributed by atoms with Crippen molar-refractivity contribution < 1.29 is 9.59 Å². The summed E-state index contributed by atoms with van der Waals surface area (Å²) in [5.41, 5.74) is 4.28. The molecular formula is C24H23N3O2. The summed E-state index contributed by atoms with van der Waals surface area (Å²) in [5, 5.41) is 2.34. The lowest BCUT2D eigenvalue weighted by atomic mass is 9.87. The van der Waals surface area contributed by atoms with Crippen molar-refractivity contribution in [1.29, 1.82) is 0 Å². The van der Waals surface area contributed by atoms with Gasteiger partial charge in [0.2, 0.25) is 5.91 Å². The standard InChI is InChI=1S/C24H23N3O2/c28-22(11-9-19-13-25-15-26-19)27-12-2-4-18(14-27)24(29)21-10-8-17-7-6-16-3-1-5-20(21)23(16)17/h1,3,5,8-11,13,15,18H,2,4,6-7,12,14H2,(H,25,26)/b11-9+/t18-/m0/s1. The number of imidazole rings is 1. The number of amides is 1. The van der Waals surface area contributed by atoms with Crippen molar-refractivity contribution in [1.82, 2.24) is 14.9 Å². The molecular weight excluding hydrogens is 362 g/mol. The quantitative estimate of drug-likeness (QED) is 0.549. The Kier molecular flexibility index (Phi) is 4.51. The van der Waals surface area contributed by atoms with Crippen LogP contribution in [0.1, 0.15) is 40.0 Å². The molecule has 1 saturated heterocycles. The van der Waals surface area contributed by atoms with Gasteiger partial charge in [-0.3, -0.25) is 9.59 Å². The van der Waals surface area contributed by atoms with Gasteiger partial charge in [-0.1, -0.05) is 30.3 Å². The van der Waals surface area contributed by atoms with Gasteiger partial charge in [-0.2, -0.15) is 0 Å². The third-order valence-electron chi connectivity index (χ3n) is 6.17. The van der Waals surface area contributed by atoms with Crippen molar-refractivity contribution in [2.24, 2.45) is 5.92 Å². The van der Waals surface area contributed by atoms with Gasteiger partial charge in [0, 0.05) is 30.6 Å². The van der Waals surface area contributed by atoms with Crippen LogP contribution in [0.25, 0.3) is 16.8 Å². The molecule has 2 heterocycles. The number of carbonyl (C=O) groups excluding carboxylic acids is 2. The van der Waals surface area contributed by atoms with Crippen LogP contribution in [0.3, 0.4) is 0 Å². The Hall–Kier alpha value is -3.21. The first-order valence-corrected chi connectivity index (χ1v) is 10.2. The van der Waals surface area contributed by atoms with Gasteiger partial charge in [-0.15, -0.1) is 0 Å². The molecule has 0 saturated carbocycles. The predicted octanol–water partition coefficient (Wildman–Crippen LogP) is 3.80.